The highest BCUT2D eigenvalue weighted by Crippen LogP contribution is 2.14. The Bertz CT molecular complexity index is 552. The van der Waals surface area contributed by atoms with Gasteiger partial charge in [-0.05, 0) is 30.7 Å². The molecule has 0 atom stereocenters. The Kier molecular flexibility index (Phi) is 3.05. The molecule has 4 heteroatoms. The highest BCUT2D eigenvalue weighted by molar-refractivity contribution is 6.07. The number of amides is 1. The largest absolute Gasteiger partial charge is 0.398 e. The fraction of sp³-hybridized carbons (Fsp3) is 0.0769. The molecular weight excluding hydrogens is 214 g/mol. The third kappa shape index (κ3) is 2.60. The van der Waals surface area contributed by atoms with Gasteiger partial charge in [-0.15, -0.1) is 0 Å². The van der Waals surface area contributed by atoms with E-state index in [1.165, 1.54) is 0 Å². The minimum absolute atomic E-state index is 0.226. The Hall–Kier alpha value is -2.36. The third-order valence-electron chi connectivity index (χ3n) is 2.34. The van der Waals surface area contributed by atoms with Crippen LogP contribution >= 0.6 is 0 Å². The van der Waals surface area contributed by atoms with Gasteiger partial charge in [-0.1, -0.05) is 12.1 Å². The summed E-state index contributed by atoms with van der Waals surface area (Å²) in [5, 5.41) is 2.76. The molecule has 1 aromatic carbocycles. The number of aryl methyl sites for hydroxylation is 1. The third-order valence-corrected chi connectivity index (χ3v) is 2.34. The molecule has 0 saturated carbocycles. The molecule has 0 aliphatic rings. The molecule has 1 amide bonds. The molecule has 86 valence electrons. The second-order valence-electron chi connectivity index (χ2n) is 3.79. The molecule has 0 aliphatic carbocycles. The van der Waals surface area contributed by atoms with Crippen molar-refractivity contribution in [2.75, 3.05) is 11.1 Å². The van der Waals surface area contributed by atoms with Gasteiger partial charge >= 0.3 is 0 Å². The van der Waals surface area contributed by atoms with Crippen molar-refractivity contribution in [1.82, 2.24) is 4.98 Å². The number of carbonyl (C=O) groups excluding carboxylic acids is 1. The first-order chi connectivity index (χ1) is 8.16. The summed E-state index contributed by atoms with van der Waals surface area (Å²) in [6.07, 6.45) is 3.33. The molecule has 2 rings (SSSR count). The normalized spacial score (nSPS) is 9.94. The molecular formula is C13H13N3O. The monoisotopic (exact) mass is 227 g/mol. The van der Waals surface area contributed by atoms with Crippen LogP contribution in [0.2, 0.25) is 0 Å². The zero-order valence-electron chi connectivity index (χ0n) is 9.47. The number of aromatic nitrogens is 1. The van der Waals surface area contributed by atoms with Crippen LogP contribution in [0.3, 0.4) is 0 Å². The lowest BCUT2D eigenvalue weighted by atomic mass is 10.1. The number of rotatable bonds is 2. The second kappa shape index (κ2) is 4.65. The van der Waals surface area contributed by atoms with Gasteiger partial charge in [0, 0.05) is 11.9 Å². The first-order valence-corrected chi connectivity index (χ1v) is 5.24. The molecule has 0 aliphatic heterocycles. The summed E-state index contributed by atoms with van der Waals surface area (Å²) in [4.78, 5) is 15.9. The number of para-hydroxylation sites is 1. The molecule has 2 aromatic rings. The first-order valence-electron chi connectivity index (χ1n) is 5.24. The number of nitrogen functional groups attached to an aromatic ring is 1. The Labute approximate surface area is 99.5 Å². The van der Waals surface area contributed by atoms with E-state index in [-0.39, 0.29) is 5.91 Å². The van der Waals surface area contributed by atoms with Gasteiger partial charge in [-0.2, -0.15) is 0 Å². The number of nitrogens with zero attached hydrogens (tertiary/aromatic N) is 1. The topological polar surface area (TPSA) is 68.0 Å². The average Bonchev–Trinajstić information content (AvgIpc) is 2.29. The number of benzene rings is 1. The fourth-order valence-corrected chi connectivity index (χ4v) is 1.53. The average molecular weight is 227 g/mol. The second-order valence-corrected chi connectivity index (χ2v) is 3.79. The van der Waals surface area contributed by atoms with Crippen LogP contribution in [0, 0.1) is 6.92 Å². The van der Waals surface area contributed by atoms with E-state index in [1.54, 1.807) is 36.7 Å². The maximum Gasteiger partial charge on any atom is 0.257 e. The Balaban J connectivity index is 2.20. The number of nitrogens with one attached hydrogen (secondary N) is 1. The number of nitrogens with two attached hydrogens (primary N) is 1. The molecule has 0 saturated heterocycles. The van der Waals surface area contributed by atoms with E-state index in [9.17, 15) is 4.79 Å². The van der Waals surface area contributed by atoms with Gasteiger partial charge in [0.2, 0.25) is 0 Å². The maximum atomic E-state index is 11.9. The molecule has 1 heterocycles. The van der Waals surface area contributed by atoms with Crippen LogP contribution in [-0.4, -0.2) is 10.9 Å². The number of hydrogen-bond donors (Lipinski definition) is 2. The lowest BCUT2D eigenvalue weighted by Gasteiger charge is -2.07. The van der Waals surface area contributed by atoms with Crippen LogP contribution in [-0.2, 0) is 0 Å². The molecule has 0 unspecified atom stereocenters. The maximum absolute atomic E-state index is 11.9. The van der Waals surface area contributed by atoms with Gasteiger partial charge in [-0.3, -0.25) is 9.78 Å². The highest BCUT2D eigenvalue weighted by Gasteiger charge is 2.08. The van der Waals surface area contributed by atoms with Crippen molar-refractivity contribution < 1.29 is 4.79 Å². The summed E-state index contributed by atoms with van der Waals surface area (Å²) in [5.74, 6) is -0.226. The van der Waals surface area contributed by atoms with E-state index in [1.807, 2.05) is 13.0 Å². The van der Waals surface area contributed by atoms with Gasteiger partial charge < -0.3 is 11.1 Å². The van der Waals surface area contributed by atoms with Crippen molar-refractivity contribution in [2.24, 2.45) is 0 Å². The lowest BCUT2D eigenvalue weighted by molar-refractivity contribution is 0.102. The van der Waals surface area contributed by atoms with Crippen LogP contribution in [0.5, 0.6) is 0 Å². The van der Waals surface area contributed by atoms with Crippen LogP contribution in [0.4, 0.5) is 11.4 Å². The summed E-state index contributed by atoms with van der Waals surface area (Å²) >= 11 is 0. The molecule has 0 bridgehead atoms. The minimum atomic E-state index is -0.226. The predicted molar refractivity (Wildman–Crippen MR) is 67.8 cm³/mol. The fourth-order valence-electron chi connectivity index (χ4n) is 1.53. The van der Waals surface area contributed by atoms with Gasteiger partial charge in [0.15, 0.2) is 0 Å². The van der Waals surface area contributed by atoms with Gasteiger partial charge in [0.1, 0.15) is 0 Å². The minimum Gasteiger partial charge on any atom is -0.398 e. The van der Waals surface area contributed by atoms with Gasteiger partial charge in [-0.25, -0.2) is 0 Å². The van der Waals surface area contributed by atoms with Crippen molar-refractivity contribution in [3.8, 4) is 0 Å². The Morgan fingerprint density at radius 2 is 2.06 bits per heavy atom. The number of pyridine rings is 1. The zero-order valence-corrected chi connectivity index (χ0v) is 9.47. The van der Waals surface area contributed by atoms with E-state index in [0.29, 0.717) is 16.9 Å². The smallest absolute Gasteiger partial charge is 0.257 e. The quantitative estimate of drug-likeness (QED) is 0.773. The molecule has 0 radical (unpaired) electrons. The van der Waals surface area contributed by atoms with Crippen molar-refractivity contribution in [3.63, 3.8) is 0 Å². The van der Waals surface area contributed by atoms with E-state index in [4.69, 9.17) is 5.73 Å². The predicted octanol–water partition coefficient (Wildman–Crippen LogP) is 2.22. The van der Waals surface area contributed by atoms with Gasteiger partial charge in [0.25, 0.3) is 5.91 Å². The van der Waals surface area contributed by atoms with E-state index < -0.39 is 0 Å². The van der Waals surface area contributed by atoms with Crippen LogP contribution in [0.15, 0.2) is 42.7 Å². The summed E-state index contributed by atoms with van der Waals surface area (Å²) in [6, 6.07) is 8.81. The SMILES string of the molecule is Cc1cncc(NC(=O)c2ccccc2N)c1. The zero-order chi connectivity index (χ0) is 12.3. The molecule has 17 heavy (non-hydrogen) atoms. The molecule has 3 N–H and O–H groups in total. The standard InChI is InChI=1S/C13H13N3O/c1-9-6-10(8-15-7-9)16-13(17)11-4-2-3-5-12(11)14/h2-8H,14H2,1H3,(H,16,17). The van der Waals surface area contributed by atoms with Crippen molar-refractivity contribution >= 4 is 17.3 Å². The summed E-state index contributed by atoms with van der Waals surface area (Å²) < 4.78 is 0. The van der Waals surface area contributed by atoms with E-state index >= 15 is 0 Å². The highest BCUT2D eigenvalue weighted by atomic mass is 16.1. The molecule has 4 nitrogen and oxygen atoms in total. The summed E-state index contributed by atoms with van der Waals surface area (Å²) in [6.45, 7) is 1.92. The number of anilines is 2. The van der Waals surface area contributed by atoms with E-state index in [2.05, 4.69) is 10.3 Å². The molecule has 0 spiro atoms. The van der Waals surface area contributed by atoms with Gasteiger partial charge in [0.05, 0.1) is 17.4 Å². The van der Waals surface area contributed by atoms with Crippen molar-refractivity contribution in [1.29, 1.82) is 0 Å². The molecule has 0 fully saturated rings. The van der Waals surface area contributed by atoms with E-state index in [0.717, 1.165) is 5.56 Å². The van der Waals surface area contributed by atoms with Crippen LogP contribution < -0.4 is 11.1 Å². The van der Waals surface area contributed by atoms with Crippen LogP contribution in [0.1, 0.15) is 15.9 Å². The summed E-state index contributed by atoms with van der Waals surface area (Å²) in [7, 11) is 0. The van der Waals surface area contributed by atoms with Crippen molar-refractivity contribution in [3.05, 3.63) is 53.9 Å². The Morgan fingerprint density at radius 1 is 1.29 bits per heavy atom. The first kappa shape index (κ1) is 11.1. The van der Waals surface area contributed by atoms with Crippen molar-refractivity contribution in [2.45, 2.75) is 6.92 Å². The number of hydrogen-bond acceptors (Lipinski definition) is 3. The number of carbonyl (C=O) groups is 1. The molecule has 1 aromatic heterocycles. The lowest BCUT2D eigenvalue weighted by Crippen LogP contribution is -2.14. The van der Waals surface area contributed by atoms with Crippen LogP contribution in [0.25, 0.3) is 0 Å². The summed E-state index contributed by atoms with van der Waals surface area (Å²) in [5.41, 5.74) is 8.31. The Morgan fingerprint density at radius 3 is 2.76 bits per heavy atom.